The predicted octanol–water partition coefficient (Wildman–Crippen LogP) is 4.29. The van der Waals surface area contributed by atoms with Gasteiger partial charge in [-0.3, -0.25) is 4.79 Å². The van der Waals surface area contributed by atoms with Crippen LogP contribution in [-0.2, 0) is 4.79 Å². The Morgan fingerprint density at radius 2 is 1.56 bits per heavy atom. The first-order chi connectivity index (χ1) is 13.1. The Balaban J connectivity index is 1.90. The van der Waals surface area contributed by atoms with Crippen LogP contribution in [0.3, 0.4) is 0 Å². The summed E-state index contributed by atoms with van der Waals surface area (Å²) in [4.78, 5) is 12.9. The van der Waals surface area contributed by atoms with E-state index >= 15 is 0 Å². The molecule has 0 fully saturated rings. The van der Waals surface area contributed by atoms with E-state index in [0.717, 1.165) is 22.4 Å². The smallest absolute Gasteiger partial charge is 0.228 e. The molecule has 3 rings (SSSR count). The van der Waals surface area contributed by atoms with E-state index in [0.29, 0.717) is 5.69 Å². The molecule has 0 bridgehead atoms. The van der Waals surface area contributed by atoms with Gasteiger partial charge in [0.05, 0.1) is 19.1 Å². The molecule has 0 aliphatic heterocycles. The molecule has 3 aromatic rings. The molecule has 27 heavy (non-hydrogen) atoms. The first-order valence-corrected chi connectivity index (χ1v) is 8.93. The van der Waals surface area contributed by atoms with Gasteiger partial charge < -0.3 is 15.8 Å². The van der Waals surface area contributed by atoms with Crippen LogP contribution < -0.4 is 15.8 Å². The molecule has 0 saturated heterocycles. The molecule has 0 aliphatic rings. The van der Waals surface area contributed by atoms with Crippen molar-refractivity contribution < 1.29 is 9.53 Å². The van der Waals surface area contributed by atoms with Crippen molar-refractivity contribution in [2.24, 2.45) is 0 Å². The summed E-state index contributed by atoms with van der Waals surface area (Å²) in [5, 5.41) is 3.18. The summed E-state index contributed by atoms with van der Waals surface area (Å²) < 4.78 is 5.24. The highest BCUT2D eigenvalue weighted by Crippen LogP contribution is 2.27. The number of rotatable bonds is 6. The number of anilines is 1. The van der Waals surface area contributed by atoms with E-state index in [9.17, 15) is 4.79 Å². The van der Waals surface area contributed by atoms with Gasteiger partial charge in [-0.2, -0.15) is 0 Å². The van der Waals surface area contributed by atoms with E-state index in [1.165, 1.54) is 0 Å². The maximum Gasteiger partial charge on any atom is 0.228 e. The van der Waals surface area contributed by atoms with Crippen molar-refractivity contribution in [3.8, 4) is 5.75 Å². The predicted molar refractivity (Wildman–Crippen MR) is 109 cm³/mol. The van der Waals surface area contributed by atoms with Crippen molar-refractivity contribution >= 4 is 11.6 Å². The number of methoxy groups -OCH3 is 1. The van der Waals surface area contributed by atoms with Crippen LogP contribution in [-0.4, -0.2) is 13.0 Å². The fourth-order valence-electron chi connectivity index (χ4n) is 3.05. The minimum atomic E-state index is -0.293. The molecule has 4 nitrogen and oxygen atoms in total. The zero-order valence-electron chi connectivity index (χ0n) is 15.6. The molecule has 2 atom stereocenters. The summed E-state index contributed by atoms with van der Waals surface area (Å²) in [6, 6.07) is 24.8. The zero-order valence-corrected chi connectivity index (χ0v) is 15.6. The number of hydrogen-bond acceptors (Lipinski definition) is 3. The van der Waals surface area contributed by atoms with Crippen LogP contribution >= 0.6 is 0 Å². The molecule has 2 unspecified atom stereocenters. The van der Waals surface area contributed by atoms with Crippen LogP contribution in [0.15, 0.2) is 78.9 Å². The molecule has 3 aromatic carbocycles. The Bertz CT molecular complexity index is 892. The number of nitrogen functional groups attached to an aromatic ring is 1. The Morgan fingerprint density at radius 3 is 2.19 bits per heavy atom. The van der Waals surface area contributed by atoms with E-state index in [2.05, 4.69) is 5.32 Å². The monoisotopic (exact) mass is 360 g/mol. The van der Waals surface area contributed by atoms with Crippen LogP contribution in [0.5, 0.6) is 5.75 Å². The lowest BCUT2D eigenvalue weighted by molar-refractivity contribution is -0.122. The van der Waals surface area contributed by atoms with Crippen LogP contribution in [0.1, 0.15) is 35.6 Å². The average Bonchev–Trinajstić information content (AvgIpc) is 2.72. The molecule has 1 amide bonds. The second-order valence-corrected chi connectivity index (χ2v) is 6.52. The van der Waals surface area contributed by atoms with Gasteiger partial charge >= 0.3 is 0 Å². The summed E-state index contributed by atoms with van der Waals surface area (Å²) >= 11 is 0. The summed E-state index contributed by atoms with van der Waals surface area (Å²) in [7, 11) is 1.63. The van der Waals surface area contributed by atoms with Gasteiger partial charge in [0.1, 0.15) is 5.75 Å². The van der Waals surface area contributed by atoms with Gasteiger partial charge in [0.25, 0.3) is 0 Å². The summed E-state index contributed by atoms with van der Waals surface area (Å²) in [6.07, 6.45) is 0. The Hall–Kier alpha value is -3.27. The largest absolute Gasteiger partial charge is 0.497 e. The van der Waals surface area contributed by atoms with E-state index in [-0.39, 0.29) is 17.9 Å². The van der Waals surface area contributed by atoms with Gasteiger partial charge in [0.15, 0.2) is 0 Å². The van der Waals surface area contributed by atoms with E-state index in [4.69, 9.17) is 10.5 Å². The van der Waals surface area contributed by atoms with Crippen LogP contribution in [0.4, 0.5) is 5.69 Å². The third-order valence-corrected chi connectivity index (χ3v) is 4.67. The van der Waals surface area contributed by atoms with Gasteiger partial charge in [0.2, 0.25) is 5.91 Å². The molecule has 0 heterocycles. The Kier molecular flexibility index (Phi) is 5.77. The van der Waals surface area contributed by atoms with Crippen molar-refractivity contribution in [3.63, 3.8) is 0 Å². The Labute approximate surface area is 160 Å². The highest BCUT2D eigenvalue weighted by Gasteiger charge is 2.22. The van der Waals surface area contributed by atoms with Crippen LogP contribution in [0.25, 0.3) is 0 Å². The Morgan fingerprint density at radius 1 is 0.889 bits per heavy atom. The minimum Gasteiger partial charge on any atom is -0.497 e. The molecular weight excluding hydrogens is 336 g/mol. The SMILES string of the molecule is COc1ccc(C(NC(=O)C(C)c2ccccc2)c2cccc(N)c2)cc1. The van der Waals surface area contributed by atoms with E-state index < -0.39 is 0 Å². The van der Waals surface area contributed by atoms with E-state index in [1.807, 2.05) is 85.8 Å². The lowest BCUT2D eigenvalue weighted by Gasteiger charge is -2.23. The molecule has 0 saturated carbocycles. The second-order valence-electron chi connectivity index (χ2n) is 6.52. The van der Waals surface area contributed by atoms with Crippen molar-refractivity contribution in [1.82, 2.24) is 5.32 Å². The normalized spacial score (nSPS) is 12.8. The molecule has 138 valence electrons. The molecule has 0 aliphatic carbocycles. The quantitative estimate of drug-likeness (QED) is 0.645. The second kappa shape index (κ2) is 8.41. The van der Waals surface area contributed by atoms with Crippen molar-refractivity contribution in [3.05, 3.63) is 95.6 Å². The maximum absolute atomic E-state index is 12.9. The lowest BCUT2D eigenvalue weighted by atomic mass is 9.95. The third kappa shape index (κ3) is 4.47. The maximum atomic E-state index is 12.9. The van der Waals surface area contributed by atoms with Crippen LogP contribution in [0.2, 0.25) is 0 Å². The fraction of sp³-hybridized carbons (Fsp3) is 0.174. The number of carbonyl (C=O) groups excluding carboxylic acids is 1. The molecule has 0 spiro atoms. The number of ether oxygens (including phenoxy) is 1. The third-order valence-electron chi connectivity index (χ3n) is 4.67. The van der Waals surface area contributed by atoms with E-state index in [1.54, 1.807) is 7.11 Å². The summed E-state index contributed by atoms with van der Waals surface area (Å²) in [6.45, 7) is 1.91. The minimum absolute atomic E-state index is 0.0376. The fourth-order valence-corrected chi connectivity index (χ4v) is 3.05. The first-order valence-electron chi connectivity index (χ1n) is 8.93. The first kappa shape index (κ1) is 18.5. The van der Waals surface area contributed by atoms with Gasteiger partial charge in [-0.25, -0.2) is 0 Å². The summed E-state index contributed by atoms with van der Waals surface area (Å²) in [5.74, 6) is 0.478. The number of amides is 1. The molecule has 0 aromatic heterocycles. The van der Waals surface area contributed by atoms with Crippen molar-refractivity contribution in [1.29, 1.82) is 0 Å². The number of hydrogen-bond donors (Lipinski definition) is 2. The lowest BCUT2D eigenvalue weighted by Crippen LogP contribution is -2.32. The number of nitrogens with one attached hydrogen (secondary N) is 1. The average molecular weight is 360 g/mol. The highest BCUT2D eigenvalue weighted by molar-refractivity contribution is 5.84. The topological polar surface area (TPSA) is 64.3 Å². The number of benzene rings is 3. The standard InChI is InChI=1S/C23H24N2O2/c1-16(17-7-4-3-5-8-17)23(26)25-22(19-9-6-10-20(24)15-19)18-11-13-21(27-2)14-12-18/h3-16,22H,24H2,1-2H3,(H,25,26). The molecular formula is C23H24N2O2. The summed E-state index contributed by atoms with van der Waals surface area (Å²) in [5.41, 5.74) is 9.52. The van der Waals surface area contributed by atoms with Gasteiger partial charge in [-0.05, 0) is 47.9 Å². The van der Waals surface area contributed by atoms with Gasteiger partial charge in [-0.15, -0.1) is 0 Å². The molecule has 4 heteroatoms. The van der Waals surface area contributed by atoms with Crippen molar-refractivity contribution in [2.75, 3.05) is 12.8 Å². The van der Waals surface area contributed by atoms with Crippen LogP contribution in [0, 0.1) is 0 Å². The van der Waals surface area contributed by atoms with Gasteiger partial charge in [0, 0.05) is 5.69 Å². The number of nitrogens with two attached hydrogens (primary N) is 1. The zero-order chi connectivity index (χ0) is 19.2. The van der Waals surface area contributed by atoms with Gasteiger partial charge in [-0.1, -0.05) is 54.6 Å². The molecule has 3 N–H and O–H groups in total. The molecule has 0 radical (unpaired) electrons. The highest BCUT2D eigenvalue weighted by atomic mass is 16.5. The van der Waals surface area contributed by atoms with Crippen molar-refractivity contribution in [2.45, 2.75) is 18.9 Å². The number of carbonyl (C=O) groups is 1.